The molecule has 0 unspecified atom stereocenters. The lowest BCUT2D eigenvalue weighted by atomic mass is 10.1. The maximum absolute atomic E-state index is 10.5. The molecule has 0 bridgehead atoms. The third kappa shape index (κ3) is 1.28. The molecule has 1 amide bonds. The van der Waals surface area contributed by atoms with E-state index in [9.17, 15) is 4.79 Å². The first kappa shape index (κ1) is 6.26. The minimum Gasteiger partial charge on any atom is -0.270 e. The third-order valence-electron chi connectivity index (χ3n) is 1.29. The van der Waals surface area contributed by atoms with Gasteiger partial charge in [0.2, 0.25) is 0 Å². The normalized spacial score (nSPS) is 18.1. The fourth-order valence-corrected chi connectivity index (χ4v) is 0.665. The Bertz CT molecular complexity index is 160. The molecule has 9 heavy (non-hydrogen) atoms. The quantitative estimate of drug-likeness (QED) is 0.504. The molecule has 3 heteroatoms. The SMILES string of the molecule is CC(C)C1=N[N]C(=O)C1. The van der Waals surface area contributed by atoms with E-state index >= 15 is 0 Å². The number of carbonyl (C=O) groups is 1. The topological polar surface area (TPSA) is 43.5 Å². The molecule has 0 saturated carbocycles. The molecule has 0 atom stereocenters. The second-order valence-corrected chi connectivity index (χ2v) is 2.42. The van der Waals surface area contributed by atoms with Gasteiger partial charge in [-0.2, -0.15) is 5.10 Å². The van der Waals surface area contributed by atoms with Crippen LogP contribution in [0.15, 0.2) is 5.10 Å². The van der Waals surface area contributed by atoms with Gasteiger partial charge < -0.3 is 0 Å². The van der Waals surface area contributed by atoms with Gasteiger partial charge in [0.15, 0.2) is 0 Å². The van der Waals surface area contributed by atoms with Crippen LogP contribution in [0.2, 0.25) is 0 Å². The molecular formula is C6H9N2O. The minimum absolute atomic E-state index is 0.112. The van der Waals surface area contributed by atoms with Crippen molar-refractivity contribution >= 4 is 11.6 Å². The number of hydrogen-bond acceptors (Lipinski definition) is 2. The Hall–Kier alpha value is -0.860. The largest absolute Gasteiger partial charge is 0.270 e. The number of rotatable bonds is 1. The first-order chi connectivity index (χ1) is 4.20. The van der Waals surface area contributed by atoms with Crippen LogP contribution in [0.3, 0.4) is 0 Å². The molecule has 0 spiro atoms. The molecule has 0 fully saturated rings. The molecule has 0 aromatic heterocycles. The minimum atomic E-state index is -0.112. The van der Waals surface area contributed by atoms with Crippen LogP contribution in [-0.2, 0) is 4.79 Å². The van der Waals surface area contributed by atoms with Crippen LogP contribution in [0.4, 0.5) is 0 Å². The molecule has 1 rings (SSSR count). The summed E-state index contributed by atoms with van der Waals surface area (Å²) in [4.78, 5) is 10.5. The lowest BCUT2D eigenvalue weighted by Gasteiger charge is -1.97. The van der Waals surface area contributed by atoms with Gasteiger partial charge in [0.25, 0.3) is 5.91 Å². The van der Waals surface area contributed by atoms with Crippen LogP contribution in [0, 0.1) is 5.92 Å². The molecule has 1 radical (unpaired) electrons. The van der Waals surface area contributed by atoms with Crippen molar-refractivity contribution in [3.8, 4) is 0 Å². The van der Waals surface area contributed by atoms with Crippen molar-refractivity contribution < 1.29 is 4.79 Å². The lowest BCUT2D eigenvalue weighted by Crippen LogP contribution is -2.06. The van der Waals surface area contributed by atoms with Crippen molar-refractivity contribution in [2.45, 2.75) is 20.3 Å². The highest BCUT2D eigenvalue weighted by Gasteiger charge is 2.18. The van der Waals surface area contributed by atoms with Gasteiger partial charge >= 0.3 is 0 Å². The zero-order valence-electron chi connectivity index (χ0n) is 5.59. The molecule has 0 saturated heterocycles. The summed E-state index contributed by atoms with van der Waals surface area (Å²) in [5, 5.41) is 3.71. The lowest BCUT2D eigenvalue weighted by molar-refractivity contribution is -0.119. The molecule has 1 aliphatic rings. The Morgan fingerprint density at radius 1 is 1.56 bits per heavy atom. The monoisotopic (exact) mass is 125 g/mol. The average Bonchev–Trinajstić information content (AvgIpc) is 2.14. The Balaban J connectivity index is 2.55. The predicted molar refractivity (Wildman–Crippen MR) is 34.0 cm³/mol. The van der Waals surface area contributed by atoms with E-state index in [1.807, 2.05) is 13.8 Å². The summed E-state index contributed by atoms with van der Waals surface area (Å²) in [6.45, 7) is 4.01. The Morgan fingerprint density at radius 2 is 2.22 bits per heavy atom. The van der Waals surface area contributed by atoms with Gasteiger partial charge in [-0.15, -0.1) is 5.43 Å². The second-order valence-electron chi connectivity index (χ2n) is 2.42. The summed E-state index contributed by atoms with van der Waals surface area (Å²) < 4.78 is 0. The zero-order chi connectivity index (χ0) is 6.85. The highest BCUT2D eigenvalue weighted by atomic mass is 16.2. The molecule has 1 heterocycles. The highest BCUT2D eigenvalue weighted by molar-refractivity contribution is 6.05. The zero-order valence-corrected chi connectivity index (χ0v) is 5.59. The molecular weight excluding hydrogens is 116 g/mol. The first-order valence-corrected chi connectivity index (χ1v) is 3.00. The fourth-order valence-electron chi connectivity index (χ4n) is 0.665. The van der Waals surface area contributed by atoms with Gasteiger partial charge in [0.1, 0.15) is 0 Å². The molecule has 0 aliphatic carbocycles. The summed E-state index contributed by atoms with van der Waals surface area (Å²) in [5.41, 5.74) is 4.29. The average molecular weight is 125 g/mol. The van der Waals surface area contributed by atoms with Crippen LogP contribution in [0.5, 0.6) is 0 Å². The van der Waals surface area contributed by atoms with Crippen molar-refractivity contribution in [1.82, 2.24) is 5.43 Å². The maximum Gasteiger partial charge on any atom is 0.270 e. The van der Waals surface area contributed by atoms with E-state index in [2.05, 4.69) is 10.5 Å². The number of amides is 1. The van der Waals surface area contributed by atoms with Crippen molar-refractivity contribution in [1.29, 1.82) is 0 Å². The van der Waals surface area contributed by atoms with Gasteiger partial charge in [-0.05, 0) is 5.92 Å². The number of carbonyl (C=O) groups excluding carboxylic acids is 1. The molecule has 1 aliphatic heterocycles. The van der Waals surface area contributed by atoms with Gasteiger partial charge in [-0.25, -0.2) is 0 Å². The highest BCUT2D eigenvalue weighted by Crippen LogP contribution is 2.06. The van der Waals surface area contributed by atoms with Gasteiger partial charge in [0, 0.05) is 0 Å². The smallest absolute Gasteiger partial charge is 0.270 e. The maximum atomic E-state index is 10.5. The number of hydrogen-bond donors (Lipinski definition) is 0. The summed E-state index contributed by atoms with van der Waals surface area (Å²) in [7, 11) is 0. The number of nitrogens with zero attached hydrogens (tertiary/aromatic N) is 2. The van der Waals surface area contributed by atoms with E-state index in [4.69, 9.17) is 0 Å². The van der Waals surface area contributed by atoms with Gasteiger partial charge in [-0.3, -0.25) is 4.79 Å². The van der Waals surface area contributed by atoms with Gasteiger partial charge in [0.05, 0.1) is 12.1 Å². The summed E-state index contributed by atoms with van der Waals surface area (Å²) in [6.07, 6.45) is 0.428. The summed E-state index contributed by atoms with van der Waals surface area (Å²) >= 11 is 0. The van der Waals surface area contributed by atoms with E-state index < -0.39 is 0 Å². The fraction of sp³-hybridized carbons (Fsp3) is 0.667. The molecule has 49 valence electrons. The van der Waals surface area contributed by atoms with Crippen LogP contribution < -0.4 is 5.43 Å². The molecule has 0 aromatic carbocycles. The van der Waals surface area contributed by atoms with Crippen molar-refractivity contribution in [2.75, 3.05) is 0 Å². The van der Waals surface area contributed by atoms with E-state index in [1.165, 1.54) is 0 Å². The standard InChI is InChI=1S/C6H9N2O/c1-4(2)5-3-6(9)8-7-5/h4H,3H2,1-2H3. The van der Waals surface area contributed by atoms with Gasteiger partial charge in [-0.1, -0.05) is 13.8 Å². The molecule has 3 nitrogen and oxygen atoms in total. The molecule has 0 aromatic rings. The molecule has 0 N–H and O–H groups in total. The predicted octanol–water partition coefficient (Wildman–Crippen LogP) is 0.533. The van der Waals surface area contributed by atoms with E-state index in [-0.39, 0.29) is 5.91 Å². The third-order valence-corrected chi connectivity index (χ3v) is 1.29. The van der Waals surface area contributed by atoms with E-state index in [0.717, 1.165) is 5.71 Å². The Labute approximate surface area is 54.1 Å². The second kappa shape index (κ2) is 2.17. The van der Waals surface area contributed by atoms with Crippen molar-refractivity contribution in [3.05, 3.63) is 0 Å². The first-order valence-electron chi connectivity index (χ1n) is 3.00. The van der Waals surface area contributed by atoms with Crippen molar-refractivity contribution in [3.63, 3.8) is 0 Å². The Morgan fingerprint density at radius 3 is 2.44 bits per heavy atom. The van der Waals surface area contributed by atoms with Crippen LogP contribution in [-0.4, -0.2) is 11.6 Å². The summed E-state index contributed by atoms with van der Waals surface area (Å²) in [5.74, 6) is 0.249. The van der Waals surface area contributed by atoms with Crippen LogP contribution >= 0.6 is 0 Å². The van der Waals surface area contributed by atoms with E-state index in [1.54, 1.807) is 0 Å². The van der Waals surface area contributed by atoms with Crippen molar-refractivity contribution in [2.24, 2.45) is 11.0 Å². The Kier molecular flexibility index (Phi) is 1.51. The van der Waals surface area contributed by atoms with E-state index in [0.29, 0.717) is 12.3 Å². The van der Waals surface area contributed by atoms with Crippen LogP contribution in [0.1, 0.15) is 20.3 Å². The summed E-state index contributed by atoms with van der Waals surface area (Å²) in [6, 6.07) is 0. The van der Waals surface area contributed by atoms with Crippen LogP contribution in [0.25, 0.3) is 0 Å².